The Hall–Kier alpha value is -1.42. The second-order valence-electron chi connectivity index (χ2n) is 4.41. The lowest BCUT2D eigenvalue weighted by molar-refractivity contribution is -0.121. The van der Waals surface area contributed by atoms with Gasteiger partial charge in [-0.25, -0.2) is 0 Å². The molecule has 0 aromatic carbocycles. The van der Waals surface area contributed by atoms with Crippen molar-refractivity contribution in [3.63, 3.8) is 0 Å². The van der Waals surface area contributed by atoms with E-state index in [-0.39, 0.29) is 18.1 Å². The SMILES string of the molecule is CC(O)CC(C)NC(=O)CCc1cccnc1. The summed E-state index contributed by atoms with van der Waals surface area (Å²) in [5.74, 6) is 0.0157. The highest BCUT2D eigenvalue weighted by molar-refractivity contribution is 5.76. The lowest BCUT2D eigenvalue weighted by Gasteiger charge is -2.15. The van der Waals surface area contributed by atoms with E-state index in [0.717, 1.165) is 5.56 Å². The molecule has 0 aliphatic carbocycles. The van der Waals surface area contributed by atoms with E-state index in [0.29, 0.717) is 19.3 Å². The lowest BCUT2D eigenvalue weighted by Crippen LogP contribution is -2.34. The molecule has 2 unspecified atom stereocenters. The number of hydrogen-bond acceptors (Lipinski definition) is 3. The number of aliphatic hydroxyl groups excluding tert-OH is 1. The van der Waals surface area contributed by atoms with Crippen molar-refractivity contribution < 1.29 is 9.90 Å². The van der Waals surface area contributed by atoms with Crippen molar-refractivity contribution >= 4 is 5.91 Å². The Balaban J connectivity index is 2.26. The molecular formula is C13H20N2O2. The molecule has 4 heteroatoms. The summed E-state index contributed by atoms with van der Waals surface area (Å²) >= 11 is 0. The molecule has 0 aliphatic rings. The van der Waals surface area contributed by atoms with Crippen LogP contribution in [0, 0.1) is 0 Å². The van der Waals surface area contributed by atoms with Crippen LogP contribution >= 0.6 is 0 Å². The van der Waals surface area contributed by atoms with Crippen LogP contribution in [0.5, 0.6) is 0 Å². The molecule has 1 aromatic heterocycles. The van der Waals surface area contributed by atoms with E-state index in [1.54, 1.807) is 19.3 Å². The summed E-state index contributed by atoms with van der Waals surface area (Å²) in [5, 5.41) is 12.0. The van der Waals surface area contributed by atoms with Crippen molar-refractivity contribution in [2.75, 3.05) is 0 Å². The molecule has 0 aliphatic heterocycles. The van der Waals surface area contributed by atoms with Gasteiger partial charge >= 0.3 is 0 Å². The van der Waals surface area contributed by atoms with Crippen molar-refractivity contribution in [1.29, 1.82) is 0 Å². The van der Waals surface area contributed by atoms with Crippen LogP contribution in [-0.2, 0) is 11.2 Å². The number of rotatable bonds is 6. The van der Waals surface area contributed by atoms with Crippen LogP contribution in [0.1, 0.15) is 32.3 Å². The van der Waals surface area contributed by atoms with Crippen LogP contribution in [0.4, 0.5) is 0 Å². The Labute approximate surface area is 102 Å². The summed E-state index contributed by atoms with van der Waals surface area (Å²) in [4.78, 5) is 15.6. The number of hydrogen-bond donors (Lipinski definition) is 2. The second-order valence-corrected chi connectivity index (χ2v) is 4.41. The Kier molecular flexibility index (Phi) is 5.63. The van der Waals surface area contributed by atoms with Crippen LogP contribution < -0.4 is 5.32 Å². The summed E-state index contributed by atoms with van der Waals surface area (Å²) in [6, 6.07) is 3.83. The number of nitrogens with one attached hydrogen (secondary N) is 1. The molecule has 1 aromatic rings. The number of carbonyl (C=O) groups is 1. The van der Waals surface area contributed by atoms with Gasteiger partial charge in [0.1, 0.15) is 0 Å². The van der Waals surface area contributed by atoms with E-state index >= 15 is 0 Å². The maximum Gasteiger partial charge on any atom is 0.220 e. The van der Waals surface area contributed by atoms with Gasteiger partial charge in [-0.05, 0) is 38.3 Å². The van der Waals surface area contributed by atoms with Gasteiger partial charge in [0, 0.05) is 24.9 Å². The molecule has 0 fully saturated rings. The number of carbonyl (C=O) groups excluding carboxylic acids is 1. The van der Waals surface area contributed by atoms with Crippen LogP contribution in [0.3, 0.4) is 0 Å². The summed E-state index contributed by atoms with van der Waals surface area (Å²) < 4.78 is 0. The summed E-state index contributed by atoms with van der Waals surface area (Å²) in [5.41, 5.74) is 1.06. The number of amides is 1. The molecule has 1 amide bonds. The monoisotopic (exact) mass is 236 g/mol. The van der Waals surface area contributed by atoms with E-state index in [9.17, 15) is 9.90 Å². The number of aryl methyl sites for hydroxylation is 1. The highest BCUT2D eigenvalue weighted by Crippen LogP contribution is 2.02. The molecule has 4 nitrogen and oxygen atoms in total. The standard InChI is InChI=1S/C13H20N2O2/c1-10(8-11(2)16)15-13(17)6-5-12-4-3-7-14-9-12/h3-4,7,9-11,16H,5-6,8H2,1-2H3,(H,15,17). The third-order valence-electron chi connectivity index (χ3n) is 2.47. The zero-order valence-corrected chi connectivity index (χ0v) is 10.4. The normalized spacial score (nSPS) is 14.1. The van der Waals surface area contributed by atoms with E-state index in [1.165, 1.54) is 0 Å². The molecule has 1 heterocycles. The molecule has 1 rings (SSSR count). The molecule has 17 heavy (non-hydrogen) atoms. The van der Waals surface area contributed by atoms with Gasteiger partial charge in [0.2, 0.25) is 5.91 Å². The second kappa shape index (κ2) is 7.01. The Morgan fingerprint density at radius 3 is 2.88 bits per heavy atom. The average molecular weight is 236 g/mol. The molecule has 0 saturated carbocycles. The molecule has 2 N–H and O–H groups in total. The van der Waals surface area contributed by atoms with Gasteiger partial charge in [0.05, 0.1) is 6.10 Å². The Morgan fingerprint density at radius 2 is 2.29 bits per heavy atom. The first-order valence-electron chi connectivity index (χ1n) is 5.94. The van der Waals surface area contributed by atoms with Crippen molar-refractivity contribution in [2.24, 2.45) is 0 Å². The van der Waals surface area contributed by atoms with Crippen molar-refractivity contribution in [1.82, 2.24) is 10.3 Å². The first-order chi connectivity index (χ1) is 8.08. The zero-order chi connectivity index (χ0) is 12.7. The topological polar surface area (TPSA) is 62.2 Å². The van der Waals surface area contributed by atoms with E-state index in [1.807, 2.05) is 19.1 Å². The van der Waals surface area contributed by atoms with Crippen LogP contribution in [0.25, 0.3) is 0 Å². The van der Waals surface area contributed by atoms with E-state index < -0.39 is 0 Å². The number of nitrogens with zero attached hydrogens (tertiary/aromatic N) is 1. The zero-order valence-electron chi connectivity index (χ0n) is 10.4. The van der Waals surface area contributed by atoms with Gasteiger partial charge in [0.15, 0.2) is 0 Å². The predicted molar refractivity (Wildman–Crippen MR) is 66.5 cm³/mol. The van der Waals surface area contributed by atoms with Crippen LogP contribution in [0.15, 0.2) is 24.5 Å². The van der Waals surface area contributed by atoms with Gasteiger partial charge < -0.3 is 10.4 Å². The first-order valence-corrected chi connectivity index (χ1v) is 5.94. The van der Waals surface area contributed by atoms with Crippen LogP contribution in [0.2, 0.25) is 0 Å². The highest BCUT2D eigenvalue weighted by atomic mass is 16.3. The van der Waals surface area contributed by atoms with Gasteiger partial charge in [-0.3, -0.25) is 9.78 Å². The Bertz CT molecular complexity index is 339. The maximum atomic E-state index is 11.6. The third-order valence-corrected chi connectivity index (χ3v) is 2.47. The molecular weight excluding hydrogens is 216 g/mol. The molecule has 0 bridgehead atoms. The van der Waals surface area contributed by atoms with Gasteiger partial charge in [0.25, 0.3) is 0 Å². The van der Waals surface area contributed by atoms with Gasteiger partial charge in [-0.15, -0.1) is 0 Å². The molecule has 94 valence electrons. The lowest BCUT2D eigenvalue weighted by atomic mass is 10.1. The summed E-state index contributed by atoms with van der Waals surface area (Å²) in [7, 11) is 0. The van der Waals surface area contributed by atoms with Crippen molar-refractivity contribution in [2.45, 2.75) is 45.3 Å². The minimum absolute atomic E-state index is 0.0106. The van der Waals surface area contributed by atoms with Crippen LogP contribution in [-0.4, -0.2) is 28.1 Å². The maximum absolute atomic E-state index is 11.6. The summed E-state index contributed by atoms with van der Waals surface area (Å²) in [6.45, 7) is 3.62. The van der Waals surface area contributed by atoms with Gasteiger partial charge in [-0.2, -0.15) is 0 Å². The molecule has 2 atom stereocenters. The summed E-state index contributed by atoms with van der Waals surface area (Å²) in [6.07, 6.45) is 4.83. The van der Waals surface area contributed by atoms with Gasteiger partial charge in [-0.1, -0.05) is 6.07 Å². The number of aliphatic hydroxyl groups is 1. The first kappa shape index (κ1) is 13.6. The number of pyridine rings is 1. The minimum Gasteiger partial charge on any atom is -0.393 e. The predicted octanol–water partition coefficient (Wildman–Crippen LogP) is 1.29. The average Bonchev–Trinajstić information content (AvgIpc) is 2.26. The quantitative estimate of drug-likeness (QED) is 0.782. The smallest absolute Gasteiger partial charge is 0.220 e. The largest absolute Gasteiger partial charge is 0.393 e. The Morgan fingerprint density at radius 1 is 1.53 bits per heavy atom. The number of aromatic nitrogens is 1. The minimum atomic E-state index is -0.386. The van der Waals surface area contributed by atoms with E-state index in [4.69, 9.17) is 0 Å². The molecule has 0 saturated heterocycles. The fourth-order valence-electron chi connectivity index (χ4n) is 1.72. The van der Waals surface area contributed by atoms with Crippen molar-refractivity contribution in [3.05, 3.63) is 30.1 Å². The molecule has 0 spiro atoms. The highest BCUT2D eigenvalue weighted by Gasteiger charge is 2.09. The fourth-order valence-corrected chi connectivity index (χ4v) is 1.72. The fraction of sp³-hybridized carbons (Fsp3) is 0.538. The molecule has 0 radical (unpaired) electrons. The van der Waals surface area contributed by atoms with Crippen molar-refractivity contribution in [3.8, 4) is 0 Å². The third kappa shape index (κ3) is 6.02. The van der Waals surface area contributed by atoms with E-state index in [2.05, 4.69) is 10.3 Å².